The van der Waals surface area contributed by atoms with Crippen LogP contribution in [-0.2, 0) is 0 Å². The lowest BCUT2D eigenvalue weighted by Crippen LogP contribution is -2.39. The molecule has 92 valence electrons. The Hall–Kier alpha value is -0.940. The number of rotatable bonds is 6. The first-order valence-corrected chi connectivity index (χ1v) is 5.23. The van der Waals surface area contributed by atoms with Crippen LogP contribution in [0.4, 0.5) is 8.78 Å². The first-order chi connectivity index (χ1) is 7.52. The highest BCUT2D eigenvalue weighted by Gasteiger charge is 2.20. The summed E-state index contributed by atoms with van der Waals surface area (Å²) in [7, 11) is 3.78. The van der Waals surface area contributed by atoms with E-state index in [4.69, 9.17) is 4.42 Å². The fourth-order valence-electron chi connectivity index (χ4n) is 1.41. The van der Waals surface area contributed by atoms with Crippen LogP contribution in [0.5, 0.6) is 0 Å². The van der Waals surface area contributed by atoms with Crippen LogP contribution in [0, 0.1) is 0 Å². The fraction of sp³-hybridized carbons (Fsp3) is 0.636. The van der Waals surface area contributed by atoms with Gasteiger partial charge in [0, 0.05) is 6.54 Å². The van der Waals surface area contributed by atoms with Crippen LogP contribution in [0.15, 0.2) is 22.8 Å². The molecule has 0 aliphatic carbocycles. The van der Waals surface area contributed by atoms with Gasteiger partial charge in [0.2, 0.25) is 0 Å². The van der Waals surface area contributed by atoms with E-state index in [1.807, 2.05) is 25.1 Å². The molecule has 5 heteroatoms. The second kappa shape index (κ2) is 5.96. The minimum atomic E-state index is -2.35. The van der Waals surface area contributed by atoms with Crippen molar-refractivity contribution in [3.8, 4) is 0 Å². The summed E-state index contributed by atoms with van der Waals surface area (Å²) in [5.74, 6) is 0.777. The van der Waals surface area contributed by atoms with Gasteiger partial charge in [-0.25, -0.2) is 8.78 Å². The molecule has 1 aromatic rings. The molecule has 0 fully saturated rings. The van der Waals surface area contributed by atoms with E-state index in [0.717, 1.165) is 5.76 Å². The molecular weight excluding hydrogens is 214 g/mol. The first-order valence-electron chi connectivity index (χ1n) is 5.23. The van der Waals surface area contributed by atoms with E-state index in [-0.39, 0.29) is 6.04 Å². The standard InChI is InChI=1S/C11H18F2N2O/c1-8(11(12)13)14-7-9(15(2)3)10-5-4-6-16-10/h4-6,8-9,11,14H,7H2,1-3H3. The van der Waals surface area contributed by atoms with Gasteiger partial charge in [-0.3, -0.25) is 4.90 Å². The van der Waals surface area contributed by atoms with E-state index in [1.165, 1.54) is 6.92 Å². The van der Waals surface area contributed by atoms with Gasteiger partial charge in [0.25, 0.3) is 6.43 Å². The van der Waals surface area contributed by atoms with Gasteiger partial charge < -0.3 is 9.73 Å². The predicted octanol–water partition coefficient (Wildman–Crippen LogP) is 2.13. The molecular formula is C11H18F2N2O. The topological polar surface area (TPSA) is 28.4 Å². The third kappa shape index (κ3) is 3.57. The highest BCUT2D eigenvalue weighted by Crippen LogP contribution is 2.18. The predicted molar refractivity (Wildman–Crippen MR) is 58.6 cm³/mol. The van der Waals surface area contributed by atoms with E-state index in [0.29, 0.717) is 6.54 Å². The molecule has 0 spiro atoms. The van der Waals surface area contributed by atoms with Crippen LogP contribution in [0.25, 0.3) is 0 Å². The number of nitrogens with one attached hydrogen (secondary N) is 1. The normalized spacial score (nSPS) is 15.7. The van der Waals surface area contributed by atoms with Crippen LogP contribution < -0.4 is 5.32 Å². The van der Waals surface area contributed by atoms with Gasteiger partial charge in [-0.15, -0.1) is 0 Å². The monoisotopic (exact) mass is 232 g/mol. The van der Waals surface area contributed by atoms with Crippen molar-refractivity contribution in [2.75, 3.05) is 20.6 Å². The van der Waals surface area contributed by atoms with E-state index < -0.39 is 12.5 Å². The smallest absolute Gasteiger partial charge is 0.253 e. The summed E-state index contributed by atoms with van der Waals surface area (Å²) in [5.41, 5.74) is 0. The Labute approximate surface area is 94.4 Å². The molecule has 0 bridgehead atoms. The Morgan fingerprint density at radius 3 is 2.56 bits per heavy atom. The molecule has 1 rings (SSSR count). The van der Waals surface area contributed by atoms with Crippen molar-refractivity contribution in [1.29, 1.82) is 0 Å². The molecule has 0 saturated carbocycles. The van der Waals surface area contributed by atoms with E-state index in [2.05, 4.69) is 5.32 Å². The van der Waals surface area contributed by atoms with Gasteiger partial charge in [-0.05, 0) is 33.2 Å². The van der Waals surface area contributed by atoms with Crippen LogP contribution in [0.3, 0.4) is 0 Å². The Balaban J connectivity index is 2.53. The largest absolute Gasteiger partial charge is 0.468 e. The number of furan rings is 1. The zero-order valence-corrected chi connectivity index (χ0v) is 9.78. The lowest BCUT2D eigenvalue weighted by molar-refractivity contribution is 0.100. The highest BCUT2D eigenvalue weighted by molar-refractivity contribution is 5.05. The number of alkyl halides is 2. The summed E-state index contributed by atoms with van der Waals surface area (Å²) >= 11 is 0. The SMILES string of the molecule is CC(NCC(c1ccco1)N(C)C)C(F)F. The van der Waals surface area contributed by atoms with Crippen molar-refractivity contribution in [2.24, 2.45) is 0 Å². The Morgan fingerprint density at radius 2 is 2.12 bits per heavy atom. The third-order valence-electron chi connectivity index (χ3n) is 2.51. The van der Waals surface area contributed by atoms with Crippen LogP contribution >= 0.6 is 0 Å². The maximum absolute atomic E-state index is 12.3. The molecule has 2 atom stereocenters. The minimum Gasteiger partial charge on any atom is -0.468 e. The van der Waals surface area contributed by atoms with Gasteiger partial charge in [-0.2, -0.15) is 0 Å². The molecule has 0 saturated heterocycles. The summed E-state index contributed by atoms with van der Waals surface area (Å²) in [4.78, 5) is 1.93. The molecule has 1 aromatic heterocycles. The van der Waals surface area contributed by atoms with E-state index in [9.17, 15) is 8.78 Å². The van der Waals surface area contributed by atoms with Crippen molar-refractivity contribution in [3.05, 3.63) is 24.2 Å². The fourth-order valence-corrected chi connectivity index (χ4v) is 1.41. The number of hydrogen-bond donors (Lipinski definition) is 1. The molecule has 2 unspecified atom stereocenters. The van der Waals surface area contributed by atoms with Crippen LogP contribution in [0.1, 0.15) is 18.7 Å². The maximum Gasteiger partial charge on any atom is 0.253 e. The minimum absolute atomic E-state index is 0.0313. The third-order valence-corrected chi connectivity index (χ3v) is 2.51. The molecule has 0 aliphatic rings. The lowest BCUT2D eigenvalue weighted by Gasteiger charge is -2.24. The molecule has 0 aliphatic heterocycles. The quantitative estimate of drug-likeness (QED) is 0.814. The number of nitrogens with zero attached hydrogens (tertiary/aromatic N) is 1. The zero-order chi connectivity index (χ0) is 12.1. The summed E-state index contributed by atoms with van der Waals surface area (Å²) in [6, 6.07) is 2.80. The number of hydrogen-bond acceptors (Lipinski definition) is 3. The molecule has 0 amide bonds. The van der Waals surface area contributed by atoms with Crippen LogP contribution in [-0.4, -0.2) is 38.0 Å². The Morgan fingerprint density at radius 1 is 1.44 bits per heavy atom. The van der Waals surface area contributed by atoms with Gasteiger partial charge >= 0.3 is 0 Å². The van der Waals surface area contributed by atoms with Crippen molar-refractivity contribution >= 4 is 0 Å². The number of likely N-dealkylation sites (N-methyl/N-ethyl adjacent to an activating group) is 1. The van der Waals surface area contributed by atoms with Crippen molar-refractivity contribution < 1.29 is 13.2 Å². The van der Waals surface area contributed by atoms with Crippen molar-refractivity contribution in [2.45, 2.75) is 25.4 Å². The Kier molecular flexibility index (Phi) is 4.89. The van der Waals surface area contributed by atoms with Gasteiger partial charge in [0.15, 0.2) is 0 Å². The van der Waals surface area contributed by atoms with E-state index in [1.54, 1.807) is 12.3 Å². The first kappa shape index (κ1) is 13.1. The summed E-state index contributed by atoms with van der Waals surface area (Å²) in [5, 5.41) is 2.80. The van der Waals surface area contributed by atoms with E-state index >= 15 is 0 Å². The summed E-state index contributed by atoms with van der Waals surface area (Å²) < 4.78 is 29.9. The maximum atomic E-state index is 12.3. The molecule has 16 heavy (non-hydrogen) atoms. The molecule has 1 heterocycles. The second-order valence-electron chi connectivity index (χ2n) is 4.03. The van der Waals surface area contributed by atoms with Crippen LogP contribution in [0.2, 0.25) is 0 Å². The summed E-state index contributed by atoms with van der Waals surface area (Å²) in [6.07, 6.45) is -0.762. The lowest BCUT2D eigenvalue weighted by atomic mass is 10.2. The Bertz CT molecular complexity index is 288. The summed E-state index contributed by atoms with van der Waals surface area (Å²) in [6.45, 7) is 1.91. The molecule has 1 N–H and O–H groups in total. The average molecular weight is 232 g/mol. The van der Waals surface area contributed by atoms with Gasteiger partial charge in [0.1, 0.15) is 5.76 Å². The van der Waals surface area contributed by atoms with Gasteiger partial charge in [-0.1, -0.05) is 0 Å². The number of halogens is 2. The molecule has 0 aromatic carbocycles. The van der Waals surface area contributed by atoms with Crippen molar-refractivity contribution in [3.63, 3.8) is 0 Å². The highest BCUT2D eigenvalue weighted by atomic mass is 19.3. The molecule has 0 radical (unpaired) electrons. The van der Waals surface area contributed by atoms with Crippen molar-refractivity contribution in [1.82, 2.24) is 10.2 Å². The zero-order valence-electron chi connectivity index (χ0n) is 9.78. The molecule has 3 nitrogen and oxygen atoms in total. The average Bonchev–Trinajstić information content (AvgIpc) is 2.70. The van der Waals surface area contributed by atoms with Gasteiger partial charge in [0.05, 0.1) is 18.3 Å². The second-order valence-corrected chi connectivity index (χ2v) is 4.03.